The molecule has 0 spiro atoms. The lowest BCUT2D eigenvalue weighted by Gasteiger charge is -2.14. The normalized spacial score (nSPS) is 12.4. The number of hydrogen-bond acceptors (Lipinski definition) is 4. The van der Waals surface area contributed by atoms with Crippen molar-refractivity contribution in [3.8, 4) is 0 Å². The van der Waals surface area contributed by atoms with E-state index in [4.69, 9.17) is 5.73 Å². The topological polar surface area (TPSA) is 80.7 Å². The Morgan fingerprint density at radius 3 is 2.82 bits per heavy atom. The van der Waals surface area contributed by atoms with Crippen LogP contribution in [0.2, 0.25) is 0 Å². The molecule has 92 valence electrons. The van der Waals surface area contributed by atoms with E-state index in [2.05, 4.69) is 4.98 Å². The smallest absolute Gasteiger partial charge is 0.262 e. The van der Waals surface area contributed by atoms with Crippen LogP contribution in [0.5, 0.6) is 0 Å². The van der Waals surface area contributed by atoms with Gasteiger partial charge >= 0.3 is 0 Å². The van der Waals surface area contributed by atoms with Crippen molar-refractivity contribution in [2.24, 2.45) is 0 Å². The third-order valence-corrected chi connectivity index (χ3v) is 4.58. The molecule has 0 aromatic carbocycles. The van der Waals surface area contributed by atoms with Gasteiger partial charge in [-0.1, -0.05) is 13.0 Å². The Morgan fingerprint density at radius 1 is 1.47 bits per heavy atom. The van der Waals surface area contributed by atoms with E-state index in [1.807, 2.05) is 0 Å². The van der Waals surface area contributed by atoms with Gasteiger partial charge in [0.15, 0.2) is 10.8 Å². The monoisotopic (exact) mass is 254 g/mol. The lowest BCUT2D eigenvalue weighted by molar-refractivity contribution is 0.483. The zero-order chi connectivity index (χ0) is 12.6. The van der Waals surface area contributed by atoms with Crippen LogP contribution >= 0.6 is 0 Å². The molecule has 0 aliphatic rings. The molecular formula is C10H14N4O2S. The number of nitrogen functional groups attached to an aromatic ring is 1. The summed E-state index contributed by atoms with van der Waals surface area (Å²) in [5.74, 6) is 0.0245. The molecule has 0 saturated carbocycles. The third kappa shape index (κ3) is 1.77. The highest BCUT2D eigenvalue weighted by Crippen LogP contribution is 2.22. The largest absolute Gasteiger partial charge is 0.381 e. The van der Waals surface area contributed by atoms with E-state index in [-0.39, 0.29) is 10.8 Å². The molecule has 0 saturated heterocycles. The van der Waals surface area contributed by atoms with Crippen molar-refractivity contribution in [1.29, 1.82) is 0 Å². The quantitative estimate of drug-likeness (QED) is 0.867. The number of rotatable bonds is 3. The van der Waals surface area contributed by atoms with Gasteiger partial charge in [-0.3, -0.25) is 4.40 Å². The van der Waals surface area contributed by atoms with Crippen LogP contribution in [0.25, 0.3) is 5.65 Å². The van der Waals surface area contributed by atoms with Crippen molar-refractivity contribution in [3.63, 3.8) is 0 Å². The van der Waals surface area contributed by atoms with Gasteiger partial charge in [0.25, 0.3) is 10.0 Å². The minimum absolute atomic E-state index is 0.0245. The van der Waals surface area contributed by atoms with Crippen LogP contribution in [0.15, 0.2) is 29.4 Å². The number of anilines is 1. The van der Waals surface area contributed by atoms with Crippen LogP contribution in [0, 0.1) is 0 Å². The van der Waals surface area contributed by atoms with Crippen molar-refractivity contribution in [3.05, 3.63) is 24.4 Å². The molecule has 2 rings (SSSR count). The maximum absolute atomic E-state index is 12.2. The number of hydrogen-bond donors (Lipinski definition) is 1. The standard InChI is InChI=1S/C10H14N4O2S/c1-3-13(2)17(15,16)10-9(11)12-8-6-4-5-7-14(8)10/h4-7H,3,11H2,1-2H3. The molecule has 2 heterocycles. The van der Waals surface area contributed by atoms with Gasteiger partial charge in [-0.2, -0.15) is 4.31 Å². The number of aromatic nitrogens is 2. The highest BCUT2D eigenvalue weighted by molar-refractivity contribution is 7.89. The number of sulfonamides is 1. The van der Waals surface area contributed by atoms with Crippen molar-refractivity contribution in [2.75, 3.05) is 19.3 Å². The van der Waals surface area contributed by atoms with Crippen LogP contribution in [-0.4, -0.2) is 35.7 Å². The molecule has 0 aliphatic heterocycles. The van der Waals surface area contributed by atoms with E-state index in [0.717, 1.165) is 0 Å². The fraction of sp³-hybridized carbons (Fsp3) is 0.300. The fourth-order valence-electron chi connectivity index (χ4n) is 1.57. The predicted octanol–water partition coefficient (Wildman–Crippen LogP) is 0.557. The fourth-order valence-corrected chi connectivity index (χ4v) is 2.91. The molecule has 0 bridgehead atoms. The lowest BCUT2D eigenvalue weighted by atomic mass is 10.5. The van der Waals surface area contributed by atoms with Gasteiger partial charge in [0.2, 0.25) is 0 Å². The maximum Gasteiger partial charge on any atom is 0.262 e. The average molecular weight is 254 g/mol. The Balaban J connectivity index is 2.75. The number of imidazole rings is 1. The molecule has 0 aliphatic carbocycles. The maximum atomic E-state index is 12.2. The second-order valence-electron chi connectivity index (χ2n) is 3.65. The summed E-state index contributed by atoms with van der Waals surface area (Å²) in [7, 11) is -2.08. The molecule has 0 fully saturated rings. The Morgan fingerprint density at radius 2 is 2.18 bits per heavy atom. The van der Waals surface area contributed by atoms with Crippen molar-refractivity contribution >= 4 is 21.5 Å². The molecule has 2 N–H and O–H groups in total. The van der Waals surface area contributed by atoms with E-state index >= 15 is 0 Å². The number of pyridine rings is 1. The van der Waals surface area contributed by atoms with E-state index in [0.29, 0.717) is 12.2 Å². The summed E-state index contributed by atoms with van der Waals surface area (Å²) in [6, 6.07) is 5.22. The molecule has 17 heavy (non-hydrogen) atoms. The van der Waals surface area contributed by atoms with Gasteiger partial charge in [0, 0.05) is 19.8 Å². The lowest BCUT2D eigenvalue weighted by Crippen LogP contribution is -2.28. The Bertz CT molecular complexity index is 647. The number of fused-ring (bicyclic) bond motifs is 1. The van der Waals surface area contributed by atoms with E-state index in [9.17, 15) is 8.42 Å². The molecule has 0 atom stereocenters. The van der Waals surface area contributed by atoms with Crippen LogP contribution in [0.3, 0.4) is 0 Å². The van der Waals surface area contributed by atoms with Crippen LogP contribution in [0.1, 0.15) is 6.92 Å². The van der Waals surface area contributed by atoms with E-state index in [1.165, 1.54) is 15.8 Å². The SMILES string of the molecule is CCN(C)S(=O)(=O)c1c(N)nc2ccccn12. The molecule has 0 unspecified atom stereocenters. The Hall–Kier alpha value is -1.60. The summed E-state index contributed by atoms with van der Waals surface area (Å²) in [6.45, 7) is 2.14. The minimum atomic E-state index is -3.59. The van der Waals surface area contributed by atoms with Gasteiger partial charge in [0.05, 0.1) is 0 Å². The van der Waals surface area contributed by atoms with Gasteiger partial charge in [-0.05, 0) is 12.1 Å². The van der Waals surface area contributed by atoms with Gasteiger partial charge in [0.1, 0.15) is 5.65 Å². The molecule has 6 nitrogen and oxygen atoms in total. The van der Waals surface area contributed by atoms with Crippen molar-refractivity contribution < 1.29 is 8.42 Å². The average Bonchev–Trinajstić information content (AvgIpc) is 2.64. The minimum Gasteiger partial charge on any atom is -0.381 e. The molecular weight excluding hydrogens is 240 g/mol. The van der Waals surface area contributed by atoms with Crippen LogP contribution in [-0.2, 0) is 10.0 Å². The first-order valence-corrected chi connectivity index (χ1v) is 6.61. The Labute approximate surface area is 99.7 Å². The molecule has 7 heteroatoms. The van der Waals surface area contributed by atoms with Gasteiger partial charge < -0.3 is 5.73 Å². The summed E-state index contributed by atoms with van der Waals surface area (Å²) in [6.07, 6.45) is 1.63. The van der Waals surface area contributed by atoms with Crippen molar-refractivity contribution in [1.82, 2.24) is 13.7 Å². The van der Waals surface area contributed by atoms with Crippen LogP contribution in [0.4, 0.5) is 5.82 Å². The second kappa shape index (κ2) is 4.01. The summed E-state index contributed by atoms with van der Waals surface area (Å²) in [4.78, 5) is 4.03. The number of nitrogens with zero attached hydrogens (tertiary/aromatic N) is 3. The first kappa shape index (κ1) is 11.9. The summed E-state index contributed by atoms with van der Waals surface area (Å²) >= 11 is 0. The summed E-state index contributed by atoms with van der Waals surface area (Å²) < 4.78 is 27.2. The second-order valence-corrected chi connectivity index (χ2v) is 5.61. The molecule has 0 amide bonds. The highest BCUT2D eigenvalue weighted by Gasteiger charge is 2.27. The predicted molar refractivity (Wildman–Crippen MR) is 65.1 cm³/mol. The summed E-state index contributed by atoms with van der Waals surface area (Å²) in [5, 5.41) is 0.0254. The first-order valence-electron chi connectivity index (χ1n) is 5.17. The highest BCUT2D eigenvalue weighted by atomic mass is 32.2. The van der Waals surface area contributed by atoms with Crippen LogP contribution < -0.4 is 5.73 Å². The van der Waals surface area contributed by atoms with E-state index in [1.54, 1.807) is 31.3 Å². The van der Waals surface area contributed by atoms with Crippen molar-refractivity contribution in [2.45, 2.75) is 11.9 Å². The first-order chi connectivity index (χ1) is 7.98. The third-order valence-electron chi connectivity index (χ3n) is 2.61. The van der Waals surface area contributed by atoms with Gasteiger partial charge in [-0.15, -0.1) is 0 Å². The molecule has 0 radical (unpaired) electrons. The zero-order valence-corrected chi connectivity index (χ0v) is 10.5. The zero-order valence-electron chi connectivity index (χ0n) is 9.66. The van der Waals surface area contributed by atoms with E-state index < -0.39 is 10.0 Å². The summed E-state index contributed by atoms with van der Waals surface area (Å²) in [5.41, 5.74) is 6.22. The molecule has 2 aromatic heterocycles. The van der Waals surface area contributed by atoms with Gasteiger partial charge in [-0.25, -0.2) is 13.4 Å². The Kier molecular flexibility index (Phi) is 2.80. The number of nitrogens with two attached hydrogens (primary N) is 1. The molecule has 2 aromatic rings.